The molecule has 144 valence electrons. The Morgan fingerprint density at radius 3 is 1.96 bits per heavy atom. The standard InChI is InChI=1S/C19H22N2O5S/c1-19(2,3)21(20-17(22)14-8-6-5-7-9-14)18(23)15-10-12-16(13-11-15)26-27(4,24)25/h5-13H,1-4H3,(H,20,22). The molecule has 0 aliphatic carbocycles. The van der Waals surface area contributed by atoms with Gasteiger partial charge >= 0.3 is 10.1 Å². The van der Waals surface area contributed by atoms with Crippen molar-refractivity contribution in [2.75, 3.05) is 6.26 Å². The zero-order valence-corrected chi connectivity index (χ0v) is 16.4. The zero-order valence-electron chi connectivity index (χ0n) is 15.6. The molecule has 1 N–H and O–H groups in total. The summed E-state index contributed by atoms with van der Waals surface area (Å²) < 4.78 is 27.1. The maximum atomic E-state index is 12.9. The summed E-state index contributed by atoms with van der Waals surface area (Å²) in [4.78, 5) is 25.4. The minimum Gasteiger partial charge on any atom is -0.383 e. The Kier molecular flexibility index (Phi) is 5.90. The first-order valence-corrected chi connectivity index (χ1v) is 9.99. The summed E-state index contributed by atoms with van der Waals surface area (Å²) in [6.45, 7) is 5.37. The van der Waals surface area contributed by atoms with Crippen LogP contribution in [0.15, 0.2) is 54.6 Å². The SMILES string of the molecule is CC(C)(C)N(NC(=O)c1ccccc1)C(=O)c1ccc(OS(C)(=O)=O)cc1. The van der Waals surface area contributed by atoms with Crippen LogP contribution in [0.5, 0.6) is 5.75 Å². The van der Waals surface area contributed by atoms with Crippen LogP contribution in [0.4, 0.5) is 0 Å². The highest BCUT2D eigenvalue weighted by atomic mass is 32.2. The van der Waals surface area contributed by atoms with Gasteiger partial charge in [0.25, 0.3) is 11.8 Å². The summed E-state index contributed by atoms with van der Waals surface area (Å²) in [5, 5.41) is 1.24. The van der Waals surface area contributed by atoms with Crippen molar-refractivity contribution < 1.29 is 22.2 Å². The fourth-order valence-electron chi connectivity index (χ4n) is 2.24. The van der Waals surface area contributed by atoms with Crippen molar-refractivity contribution in [1.29, 1.82) is 0 Å². The number of hydrogen-bond donors (Lipinski definition) is 1. The number of hydrazine groups is 1. The topological polar surface area (TPSA) is 92.8 Å². The number of nitrogens with zero attached hydrogens (tertiary/aromatic N) is 1. The van der Waals surface area contributed by atoms with Crippen LogP contribution in [-0.2, 0) is 10.1 Å². The second-order valence-corrected chi connectivity index (χ2v) is 8.51. The predicted molar refractivity (Wildman–Crippen MR) is 102 cm³/mol. The minimum absolute atomic E-state index is 0.102. The molecule has 2 aromatic carbocycles. The summed E-state index contributed by atoms with van der Waals surface area (Å²) >= 11 is 0. The number of rotatable bonds is 4. The number of carbonyl (C=O) groups is 2. The Morgan fingerprint density at radius 2 is 1.48 bits per heavy atom. The molecule has 2 amide bonds. The fourth-order valence-corrected chi connectivity index (χ4v) is 2.70. The number of hydrogen-bond acceptors (Lipinski definition) is 5. The summed E-state index contributed by atoms with van der Waals surface area (Å²) in [5.74, 6) is -0.738. The highest BCUT2D eigenvalue weighted by Gasteiger charge is 2.29. The Morgan fingerprint density at radius 1 is 0.926 bits per heavy atom. The molecule has 2 aromatic rings. The molecule has 7 nitrogen and oxygen atoms in total. The van der Waals surface area contributed by atoms with Gasteiger partial charge in [-0.1, -0.05) is 18.2 Å². The van der Waals surface area contributed by atoms with Gasteiger partial charge in [0.05, 0.1) is 11.8 Å². The van der Waals surface area contributed by atoms with Crippen molar-refractivity contribution in [3.05, 3.63) is 65.7 Å². The van der Waals surface area contributed by atoms with E-state index in [1.165, 1.54) is 29.3 Å². The van der Waals surface area contributed by atoms with Gasteiger partial charge in [-0.15, -0.1) is 0 Å². The average molecular weight is 390 g/mol. The monoisotopic (exact) mass is 390 g/mol. The van der Waals surface area contributed by atoms with Crippen molar-refractivity contribution in [3.63, 3.8) is 0 Å². The molecule has 0 aliphatic heterocycles. The second-order valence-electron chi connectivity index (χ2n) is 6.93. The van der Waals surface area contributed by atoms with Gasteiger partial charge in [0.1, 0.15) is 5.75 Å². The number of nitrogens with one attached hydrogen (secondary N) is 1. The van der Waals surface area contributed by atoms with Crippen LogP contribution in [0.3, 0.4) is 0 Å². The van der Waals surface area contributed by atoms with Crippen LogP contribution in [0.2, 0.25) is 0 Å². The van der Waals surface area contributed by atoms with Gasteiger partial charge in [0.2, 0.25) is 0 Å². The molecular formula is C19H22N2O5S. The molecule has 27 heavy (non-hydrogen) atoms. The molecular weight excluding hydrogens is 368 g/mol. The van der Waals surface area contributed by atoms with Crippen molar-refractivity contribution in [2.24, 2.45) is 0 Å². The number of benzene rings is 2. The molecule has 0 aliphatic rings. The van der Waals surface area contributed by atoms with E-state index >= 15 is 0 Å². The van der Waals surface area contributed by atoms with Crippen molar-refractivity contribution in [2.45, 2.75) is 26.3 Å². The van der Waals surface area contributed by atoms with Gasteiger partial charge in [0.15, 0.2) is 0 Å². The maximum Gasteiger partial charge on any atom is 0.306 e. The van der Waals surface area contributed by atoms with Gasteiger partial charge in [0, 0.05) is 11.1 Å². The van der Waals surface area contributed by atoms with Crippen LogP contribution in [0, 0.1) is 0 Å². The van der Waals surface area contributed by atoms with Crippen LogP contribution >= 0.6 is 0 Å². The molecule has 2 rings (SSSR count). The van der Waals surface area contributed by atoms with E-state index in [9.17, 15) is 18.0 Å². The van der Waals surface area contributed by atoms with E-state index in [-0.39, 0.29) is 11.3 Å². The first-order valence-electron chi connectivity index (χ1n) is 8.17. The lowest BCUT2D eigenvalue weighted by Crippen LogP contribution is -2.55. The summed E-state index contributed by atoms with van der Waals surface area (Å²) in [6.07, 6.45) is 0.937. The molecule has 0 saturated carbocycles. The van der Waals surface area contributed by atoms with Gasteiger partial charge in [-0.05, 0) is 57.2 Å². The van der Waals surface area contributed by atoms with Crippen molar-refractivity contribution in [3.8, 4) is 5.75 Å². The lowest BCUT2D eigenvalue weighted by molar-refractivity contribution is 0.0358. The van der Waals surface area contributed by atoms with E-state index < -0.39 is 27.5 Å². The van der Waals surface area contributed by atoms with Crippen molar-refractivity contribution >= 4 is 21.9 Å². The molecule has 0 heterocycles. The van der Waals surface area contributed by atoms with E-state index in [2.05, 4.69) is 5.43 Å². The van der Waals surface area contributed by atoms with E-state index in [1.807, 2.05) is 0 Å². The van der Waals surface area contributed by atoms with Crippen molar-refractivity contribution in [1.82, 2.24) is 10.4 Å². The van der Waals surface area contributed by atoms with Crippen LogP contribution in [-0.4, -0.2) is 37.0 Å². The Labute approximate surface area is 159 Å². The molecule has 0 saturated heterocycles. The summed E-state index contributed by atoms with van der Waals surface area (Å²) in [5.41, 5.74) is 2.66. The minimum atomic E-state index is -3.65. The third kappa shape index (κ3) is 5.82. The number of carbonyl (C=O) groups excluding carboxylic acids is 2. The third-order valence-corrected chi connectivity index (χ3v) is 3.97. The fraction of sp³-hybridized carbons (Fsp3) is 0.263. The summed E-state index contributed by atoms with van der Waals surface area (Å²) in [6, 6.07) is 14.2. The lowest BCUT2D eigenvalue weighted by Gasteiger charge is -2.35. The molecule has 0 bridgehead atoms. The van der Waals surface area contributed by atoms with E-state index in [4.69, 9.17) is 4.18 Å². The van der Waals surface area contributed by atoms with Crippen LogP contribution < -0.4 is 9.61 Å². The Balaban J connectivity index is 2.24. The lowest BCUT2D eigenvalue weighted by atomic mass is 10.1. The quantitative estimate of drug-likeness (QED) is 0.640. The molecule has 0 unspecified atom stereocenters. The van der Waals surface area contributed by atoms with E-state index in [1.54, 1.807) is 51.1 Å². The molecule has 0 atom stereocenters. The highest BCUT2D eigenvalue weighted by Crippen LogP contribution is 2.19. The summed E-state index contributed by atoms with van der Waals surface area (Å²) in [7, 11) is -3.65. The zero-order chi connectivity index (χ0) is 20.2. The first-order chi connectivity index (χ1) is 12.5. The van der Waals surface area contributed by atoms with E-state index in [0.29, 0.717) is 5.56 Å². The molecule has 0 spiro atoms. The maximum absolute atomic E-state index is 12.9. The highest BCUT2D eigenvalue weighted by molar-refractivity contribution is 7.86. The van der Waals surface area contributed by atoms with Crippen LogP contribution in [0.25, 0.3) is 0 Å². The Bertz CT molecular complexity index is 917. The largest absolute Gasteiger partial charge is 0.383 e. The molecule has 8 heteroatoms. The average Bonchev–Trinajstić information content (AvgIpc) is 2.58. The molecule has 0 fully saturated rings. The first kappa shape index (κ1) is 20.4. The predicted octanol–water partition coefficient (Wildman–Crippen LogP) is 2.61. The van der Waals surface area contributed by atoms with Crippen LogP contribution in [0.1, 0.15) is 41.5 Å². The Hall–Kier alpha value is -2.87. The molecule has 0 radical (unpaired) electrons. The smallest absolute Gasteiger partial charge is 0.306 e. The van der Waals surface area contributed by atoms with Gasteiger partial charge in [-0.25, -0.2) is 5.01 Å². The second kappa shape index (κ2) is 7.79. The van der Waals surface area contributed by atoms with Gasteiger partial charge in [-0.2, -0.15) is 8.42 Å². The molecule has 0 aromatic heterocycles. The third-order valence-electron chi connectivity index (χ3n) is 3.47. The van der Waals surface area contributed by atoms with E-state index in [0.717, 1.165) is 6.26 Å². The van der Waals surface area contributed by atoms with Gasteiger partial charge < -0.3 is 4.18 Å². The number of amides is 2. The normalized spacial score (nSPS) is 11.6. The van der Waals surface area contributed by atoms with Gasteiger partial charge in [-0.3, -0.25) is 15.0 Å².